The van der Waals surface area contributed by atoms with Crippen LogP contribution in [0.15, 0.2) is 23.8 Å². The predicted molar refractivity (Wildman–Crippen MR) is 156 cm³/mol. The van der Waals surface area contributed by atoms with Crippen molar-refractivity contribution in [2.45, 2.75) is 102 Å². The van der Waals surface area contributed by atoms with Crippen molar-refractivity contribution in [2.75, 3.05) is 13.7 Å². The summed E-state index contributed by atoms with van der Waals surface area (Å²) in [5, 5.41) is 0.650. The number of fused-ring (bicyclic) bond motifs is 1. The fourth-order valence-corrected chi connectivity index (χ4v) is 7.89. The molecule has 0 saturated carbocycles. The van der Waals surface area contributed by atoms with Crippen LogP contribution in [0.4, 0.5) is 0 Å². The van der Waals surface area contributed by atoms with E-state index >= 15 is 0 Å². The summed E-state index contributed by atoms with van der Waals surface area (Å²) in [6, 6.07) is 0. The minimum absolute atomic E-state index is 0.0131. The quantitative estimate of drug-likeness (QED) is 0.356. The molecule has 1 saturated heterocycles. The molecule has 4 rings (SSSR count). The van der Waals surface area contributed by atoms with Crippen LogP contribution in [-0.4, -0.2) is 76.1 Å². The lowest BCUT2D eigenvalue weighted by Crippen LogP contribution is -2.59. The molecule has 4 heterocycles. The van der Waals surface area contributed by atoms with E-state index in [1.54, 1.807) is 10.9 Å². The first-order valence-corrected chi connectivity index (χ1v) is 20.6. The van der Waals surface area contributed by atoms with Gasteiger partial charge in [0.25, 0.3) is 10.1 Å². The SMILES string of the molecule is COc1ncnc2c1ncn2C1OC(CO[Si](C)(C)C(C)(C)C)C2(OS(=O)(=O)C=C2N)C1O[Si](C)(C)C(C)(C)C. The highest BCUT2D eigenvalue weighted by atomic mass is 32.2. The van der Waals surface area contributed by atoms with Crippen LogP contribution in [0.25, 0.3) is 11.2 Å². The molecule has 1 spiro atoms. The standard InChI is InChI=1S/C25H43N5O7SSi2/c1-23(2,3)39(8,9)34-12-17-25(16(26)13-38(31,32)37-25)19(36-40(10,11)24(4,5)6)22(35-17)30-15-29-18-20(30)27-14-28-21(18)33-7/h13-15,17,19,22H,12,26H2,1-11H3. The van der Waals surface area contributed by atoms with Gasteiger partial charge in [-0.3, -0.25) is 4.57 Å². The molecule has 12 nitrogen and oxygen atoms in total. The summed E-state index contributed by atoms with van der Waals surface area (Å²) in [6.07, 6.45) is 0.163. The highest BCUT2D eigenvalue weighted by Crippen LogP contribution is 2.52. The summed E-state index contributed by atoms with van der Waals surface area (Å²) in [6.45, 7) is 21.2. The minimum Gasteiger partial charge on any atom is -0.479 e. The molecule has 0 radical (unpaired) electrons. The summed E-state index contributed by atoms with van der Waals surface area (Å²) in [7, 11) is -7.45. The van der Waals surface area contributed by atoms with E-state index in [0.717, 1.165) is 5.41 Å². The second-order valence-corrected chi connectivity index (χ2v) is 24.5. The van der Waals surface area contributed by atoms with E-state index in [1.165, 1.54) is 13.4 Å². The number of hydrogen-bond donors (Lipinski definition) is 1. The Morgan fingerprint density at radius 2 is 1.68 bits per heavy atom. The van der Waals surface area contributed by atoms with Crippen LogP contribution in [0.5, 0.6) is 5.88 Å². The summed E-state index contributed by atoms with van der Waals surface area (Å²) in [5.41, 5.74) is 5.78. The molecular formula is C25H43N5O7SSi2. The van der Waals surface area contributed by atoms with E-state index in [-0.39, 0.29) is 22.4 Å². The van der Waals surface area contributed by atoms with Gasteiger partial charge in [-0.2, -0.15) is 13.4 Å². The first-order valence-electron chi connectivity index (χ1n) is 13.3. The molecule has 224 valence electrons. The Bertz CT molecular complexity index is 1410. The van der Waals surface area contributed by atoms with E-state index in [0.29, 0.717) is 17.0 Å². The average molecular weight is 614 g/mol. The van der Waals surface area contributed by atoms with Crippen molar-refractivity contribution in [3.8, 4) is 5.88 Å². The van der Waals surface area contributed by atoms with Gasteiger partial charge in [-0.15, -0.1) is 0 Å². The van der Waals surface area contributed by atoms with Crippen molar-refractivity contribution in [2.24, 2.45) is 5.73 Å². The van der Waals surface area contributed by atoms with Crippen LogP contribution < -0.4 is 10.5 Å². The Kier molecular flexibility index (Phi) is 7.65. The van der Waals surface area contributed by atoms with E-state index in [4.69, 9.17) is 28.2 Å². The fourth-order valence-electron chi connectivity index (χ4n) is 4.38. The van der Waals surface area contributed by atoms with Gasteiger partial charge in [0.05, 0.1) is 31.1 Å². The molecule has 2 aliphatic rings. The van der Waals surface area contributed by atoms with Gasteiger partial charge >= 0.3 is 0 Å². The largest absolute Gasteiger partial charge is 0.479 e. The summed E-state index contributed by atoms with van der Waals surface area (Å²) >= 11 is 0. The molecular weight excluding hydrogens is 571 g/mol. The third-order valence-corrected chi connectivity index (χ3v) is 18.9. The fraction of sp³-hybridized carbons (Fsp3) is 0.720. The highest BCUT2D eigenvalue weighted by Gasteiger charge is 2.67. The Labute approximate surface area is 239 Å². The molecule has 0 aliphatic carbocycles. The molecule has 40 heavy (non-hydrogen) atoms. The summed E-state index contributed by atoms with van der Waals surface area (Å²) in [4.78, 5) is 13.1. The van der Waals surface area contributed by atoms with Gasteiger partial charge in [-0.25, -0.2) is 14.2 Å². The summed E-state index contributed by atoms with van der Waals surface area (Å²) in [5.74, 6) is 0.301. The van der Waals surface area contributed by atoms with Crippen molar-refractivity contribution in [1.82, 2.24) is 19.5 Å². The van der Waals surface area contributed by atoms with Gasteiger partial charge in [0.15, 0.2) is 39.6 Å². The Morgan fingerprint density at radius 3 is 2.20 bits per heavy atom. The number of imidazole rings is 1. The molecule has 15 heteroatoms. The second kappa shape index (κ2) is 9.85. The number of methoxy groups -OCH3 is 1. The van der Waals surface area contributed by atoms with Crippen LogP contribution in [0, 0.1) is 0 Å². The van der Waals surface area contributed by atoms with Crippen molar-refractivity contribution >= 4 is 37.9 Å². The predicted octanol–water partition coefficient (Wildman–Crippen LogP) is 4.04. The van der Waals surface area contributed by atoms with Gasteiger partial charge in [0.2, 0.25) is 5.88 Å². The van der Waals surface area contributed by atoms with Crippen LogP contribution in [0.2, 0.25) is 36.3 Å². The van der Waals surface area contributed by atoms with Gasteiger partial charge in [-0.05, 0) is 36.3 Å². The third-order valence-electron chi connectivity index (χ3n) is 8.86. The molecule has 4 atom stereocenters. The van der Waals surface area contributed by atoms with Crippen LogP contribution in [-0.2, 0) is 27.9 Å². The van der Waals surface area contributed by atoms with E-state index in [1.807, 2.05) is 0 Å². The van der Waals surface area contributed by atoms with E-state index in [9.17, 15) is 8.42 Å². The van der Waals surface area contributed by atoms with E-state index < -0.39 is 50.8 Å². The van der Waals surface area contributed by atoms with Crippen LogP contribution in [0.3, 0.4) is 0 Å². The maximum absolute atomic E-state index is 12.9. The molecule has 0 amide bonds. The topological polar surface area (TPSA) is 150 Å². The molecule has 0 aromatic carbocycles. The van der Waals surface area contributed by atoms with Crippen LogP contribution in [0.1, 0.15) is 47.8 Å². The Morgan fingerprint density at radius 1 is 1.05 bits per heavy atom. The lowest BCUT2D eigenvalue weighted by molar-refractivity contribution is -0.0535. The van der Waals surface area contributed by atoms with Crippen molar-refractivity contribution in [1.29, 1.82) is 0 Å². The molecule has 1 fully saturated rings. The van der Waals surface area contributed by atoms with Crippen molar-refractivity contribution in [3.63, 3.8) is 0 Å². The lowest BCUT2D eigenvalue weighted by Gasteiger charge is -2.43. The molecule has 2 aromatic heterocycles. The van der Waals surface area contributed by atoms with Crippen molar-refractivity contribution < 1.29 is 30.9 Å². The molecule has 4 unspecified atom stereocenters. The van der Waals surface area contributed by atoms with Crippen molar-refractivity contribution in [3.05, 3.63) is 23.8 Å². The second-order valence-electron chi connectivity index (χ2n) is 13.5. The number of nitrogens with zero attached hydrogens (tertiary/aromatic N) is 4. The zero-order valence-corrected chi connectivity index (χ0v) is 28.1. The zero-order chi connectivity index (χ0) is 30.1. The summed E-state index contributed by atoms with van der Waals surface area (Å²) < 4.78 is 59.1. The normalized spacial score (nSPS) is 27.5. The Balaban J connectivity index is 1.90. The molecule has 2 aromatic rings. The number of nitrogens with two attached hydrogens (primary N) is 1. The maximum atomic E-state index is 12.9. The molecule has 2 aliphatic heterocycles. The smallest absolute Gasteiger partial charge is 0.292 e. The highest BCUT2D eigenvalue weighted by molar-refractivity contribution is 7.90. The van der Waals surface area contributed by atoms with E-state index in [2.05, 4.69) is 82.7 Å². The third kappa shape index (κ3) is 5.14. The first kappa shape index (κ1) is 31.1. The van der Waals surface area contributed by atoms with Gasteiger partial charge < -0.3 is 24.1 Å². The molecule has 2 N–H and O–H groups in total. The van der Waals surface area contributed by atoms with Gasteiger partial charge in [0.1, 0.15) is 18.5 Å². The lowest BCUT2D eigenvalue weighted by atomic mass is 9.89. The Hall–Kier alpha value is -1.89. The first-order chi connectivity index (χ1) is 18.2. The number of ether oxygens (including phenoxy) is 2. The van der Waals surface area contributed by atoms with Crippen LogP contribution >= 0.6 is 0 Å². The van der Waals surface area contributed by atoms with Gasteiger partial charge in [0, 0.05) is 0 Å². The van der Waals surface area contributed by atoms with Gasteiger partial charge in [-0.1, -0.05) is 41.5 Å². The minimum atomic E-state index is -4.12. The number of rotatable bonds is 7. The average Bonchev–Trinajstić information content (AvgIpc) is 3.43. The zero-order valence-electron chi connectivity index (χ0n) is 25.3. The molecule has 0 bridgehead atoms. The number of aromatic nitrogens is 4. The monoisotopic (exact) mass is 613 g/mol. The maximum Gasteiger partial charge on any atom is 0.292 e. The number of hydrogen-bond acceptors (Lipinski definition) is 11.